The number of urea groups is 1. The van der Waals surface area contributed by atoms with Crippen molar-refractivity contribution in [1.82, 2.24) is 10.6 Å². The molecule has 0 saturated heterocycles. The van der Waals surface area contributed by atoms with Gasteiger partial charge in [-0.3, -0.25) is 0 Å². The normalized spacial score (nSPS) is 17.9. The van der Waals surface area contributed by atoms with Gasteiger partial charge in [0.1, 0.15) is 6.04 Å². The van der Waals surface area contributed by atoms with E-state index in [-0.39, 0.29) is 12.1 Å². The van der Waals surface area contributed by atoms with Crippen LogP contribution in [0.4, 0.5) is 4.79 Å². The number of carboxylic acids is 1. The molecule has 2 atom stereocenters. The third kappa shape index (κ3) is 6.14. The minimum Gasteiger partial charge on any atom is -0.480 e. The van der Waals surface area contributed by atoms with Crippen molar-refractivity contribution in [2.45, 2.75) is 44.7 Å². The van der Waals surface area contributed by atoms with Gasteiger partial charge in [-0.25, -0.2) is 9.59 Å². The molecule has 0 aromatic carbocycles. The lowest BCUT2D eigenvalue weighted by Gasteiger charge is -2.18. The van der Waals surface area contributed by atoms with Gasteiger partial charge < -0.3 is 15.7 Å². The summed E-state index contributed by atoms with van der Waals surface area (Å²) in [6, 6.07) is -1.07. The molecule has 0 bridgehead atoms. The van der Waals surface area contributed by atoms with Crippen molar-refractivity contribution in [2.24, 2.45) is 5.92 Å². The highest BCUT2D eigenvalue weighted by atomic mass is 32.2. The van der Waals surface area contributed by atoms with Gasteiger partial charge in [-0.1, -0.05) is 12.8 Å². The summed E-state index contributed by atoms with van der Waals surface area (Å²) in [7, 11) is 0. The quantitative estimate of drug-likeness (QED) is 0.629. The summed E-state index contributed by atoms with van der Waals surface area (Å²) in [6.45, 7) is 1.95. The van der Waals surface area contributed by atoms with E-state index in [0.29, 0.717) is 6.42 Å². The fourth-order valence-electron chi connectivity index (χ4n) is 1.83. The van der Waals surface area contributed by atoms with E-state index in [1.54, 1.807) is 11.8 Å². The first-order valence-corrected chi connectivity index (χ1v) is 7.71. The van der Waals surface area contributed by atoms with Crippen LogP contribution in [0.1, 0.15) is 32.6 Å². The number of rotatable bonds is 8. The molecule has 104 valence electrons. The maximum atomic E-state index is 11.6. The first kappa shape index (κ1) is 15.1. The van der Waals surface area contributed by atoms with Gasteiger partial charge in [-0.2, -0.15) is 11.8 Å². The molecule has 1 saturated carbocycles. The molecule has 1 unspecified atom stereocenters. The molecule has 6 heteroatoms. The molecule has 0 aliphatic heterocycles. The molecule has 3 N–H and O–H groups in total. The summed E-state index contributed by atoms with van der Waals surface area (Å²) >= 11 is 1.57. The average molecular weight is 274 g/mol. The molecular weight excluding hydrogens is 252 g/mol. The molecule has 18 heavy (non-hydrogen) atoms. The Bertz CT molecular complexity index is 295. The van der Waals surface area contributed by atoms with E-state index in [4.69, 9.17) is 5.11 Å². The van der Waals surface area contributed by atoms with E-state index in [1.165, 1.54) is 12.8 Å². The molecule has 0 heterocycles. The third-order valence-corrected chi connectivity index (χ3v) is 3.62. The molecule has 1 aliphatic carbocycles. The standard InChI is InChI=1S/C12H22N2O3S/c1-8(7-9-3-4-9)13-12(17)14-10(11(15)16)5-6-18-2/h8-10H,3-7H2,1-2H3,(H,15,16)(H2,13,14,17)/t8?,10-/m0/s1. The van der Waals surface area contributed by atoms with Crippen molar-refractivity contribution < 1.29 is 14.7 Å². The number of aliphatic carboxylic acids is 1. The number of thioether (sulfide) groups is 1. The number of nitrogens with one attached hydrogen (secondary N) is 2. The predicted molar refractivity (Wildman–Crippen MR) is 72.9 cm³/mol. The van der Waals surface area contributed by atoms with Crippen LogP contribution in [0.15, 0.2) is 0 Å². The van der Waals surface area contributed by atoms with Gasteiger partial charge in [0, 0.05) is 6.04 Å². The second kappa shape index (κ2) is 7.51. The Labute approximate surface area is 112 Å². The highest BCUT2D eigenvalue weighted by Crippen LogP contribution is 2.33. The van der Waals surface area contributed by atoms with E-state index in [9.17, 15) is 9.59 Å². The Morgan fingerprint density at radius 1 is 1.39 bits per heavy atom. The van der Waals surface area contributed by atoms with Crippen LogP contribution in [0.5, 0.6) is 0 Å². The zero-order chi connectivity index (χ0) is 13.5. The number of hydrogen-bond donors (Lipinski definition) is 3. The SMILES string of the molecule is CSCC[C@H](NC(=O)NC(C)CC1CC1)C(=O)O. The number of hydrogen-bond acceptors (Lipinski definition) is 3. The molecule has 2 amide bonds. The molecule has 0 spiro atoms. The van der Waals surface area contributed by atoms with Crippen LogP contribution >= 0.6 is 11.8 Å². The largest absolute Gasteiger partial charge is 0.480 e. The Morgan fingerprint density at radius 3 is 2.56 bits per heavy atom. The first-order chi connectivity index (χ1) is 8.52. The molecular formula is C12H22N2O3S. The maximum Gasteiger partial charge on any atom is 0.326 e. The monoisotopic (exact) mass is 274 g/mol. The molecule has 1 rings (SSSR count). The summed E-state index contributed by atoms with van der Waals surface area (Å²) in [5, 5.41) is 14.3. The maximum absolute atomic E-state index is 11.6. The van der Waals surface area contributed by atoms with E-state index in [1.807, 2.05) is 13.2 Å². The Kier molecular flexibility index (Phi) is 6.32. The van der Waals surface area contributed by atoms with Crippen LogP contribution in [0, 0.1) is 5.92 Å². The van der Waals surface area contributed by atoms with Gasteiger partial charge in [0.05, 0.1) is 0 Å². The lowest BCUT2D eigenvalue weighted by molar-refractivity contribution is -0.139. The molecule has 0 aromatic rings. The van der Waals surface area contributed by atoms with E-state index >= 15 is 0 Å². The third-order valence-electron chi connectivity index (χ3n) is 2.98. The van der Waals surface area contributed by atoms with Crippen LogP contribution in [0.25, 0.3) is 0 Å². The molecule has 0 radical (unpaired) electrons. The van der Waals surface area contributed by atoms with Gasteiger partial charge in [0.25, 0.3) is 0 Å². The van der Waals surface area contributed by atoms with Crippen molar-refractivity contribution in [3.63, 3.8) is 0 Å². The van der Waals surface area contributed by atoms with Crippen molar-refractivity contribution in [1.29, 1.82) is 0 Å². The summed E-state index contributed by atoms with van der Waals surface area (Å²) in [5.74, 6) is 0.482. The number of carboxylic acid groups (broad SMARTS) is 1. The fraction of sp³-hybridized carbons (Fsp3) is 0.833. The van der Waals surface area contributed by atoms with Gasteiger partial charge in [0.2, 0.25) is 0 Å². The highest BCUT2D eigenvalue weighted by molar-refractivity contribution is 7.98. The van der Waals surface area contributed by atoms with E-state index < -0.39 is 12.0 Å². The zero-order valence-corrected chi connectivity index (χ0v) is 11.8. The molecule has 5 nitrogen and oxygen atoms in total. The minimum atomic E-state index is -0.978. The van der Waals surface area contributed by atoms with Crippen LogP contribution < -0.4 is 10.6 Å². The second-order valence-corrected chi connectivity index (χ2v) is 5.86. The van der Waals surface area contributed by atoms with Crippen molar-refractivity contribution in [3.05, 3.63) is 0 Å². The molecule has 1 aliphatic rings. The summed E-state index contributed by atoms with van der Waals surface area (Å²) in [4.78, 5) is 22.6. The second-order valence-electron chi connectivity index (χ2n) is 4.87. The number of carbonyl (C=O) groups excluding carboxylic acids is 1. The lowest BCUT2D eigenvalue weighted by Crippen LogP contribution is -2.48. The number of carbonyl (C=O) groups is 2. The van der Waals surface area contributed by atoms with Crippen molar-refractivity contribution in [3.8, 4) is 0 Å². The van der Waals surface area contributed by atoms with E-state index in [0.717, 1.165) is 18.1 Å². The highest BCUT2D eigenvalue weighted by Gasteiger charge is 2.25. The fourth-order valence-corrected chi connectivity index (χ4v) is 2.30. The summed E-state index contributed by atoms with van der Waals surface area (Å²) in [5.41, 5.74) is 0. The Balaban J connectivity index is 2.27. The van der Waals surface area contributed by atoms with Gasteiger partial charge in [-0.05, 0) is 37.7 Å². The summed E-state index contributed by atoms with van der Waals surface area (Å²) < 4.78 is 0. The molecule has 1 fully saturated rings. The Hall–Kier alpha value is -0.910. The number of amides is 2. The van der Waals surface area contributed by atoms with Gasteiger partial charge >= 0.3 is 12.0 Å². The van der Waals surface area contributed by atoms with Crippen LogP contribution in [-0.4, -0.2) is 41.2 Å². The predicted octanol–water partition coefficient (Wildman–Crippen LogP) is 1.68. The van der Waals surface area contributed by atoms with Crippen LogP contribution in [0.2, 0.25) is 0 Å². The minimum absolute atomic E-state index is 0.104. The lowest BCUT2D eigenvalue weighted by atomic mass is 10.1. The summed E-state index contributed by atoms with van der Waals surface area (Å²) in [6.07, 6.45) is 5.84. The van der Waals surface area contributed by atoms with Gasteiger partial charge in [-0.15, -0.1) is 0 Å². The average Bonchev–Trinajstić information content (AvgIpc) is 3.07. The van der Waals surface area contributed by atoms with Crippen LogP contribution in [-0.2, 0) is 4.79 Å². The van der Waals surface area contributed by atoms with Gasteiger partial charge in [0.15, 0.2) is 0 Å². The van der Waals surface area contributed by atoms with Crippen LogP contribution in [0.3, 0.4) is 0 Å². The first-order valence-electron chi connectivity index (χ1n) is 6.31. The smallest absolute Gasteiger partial charge is 0.326 e. The Morgan fingerprint density at radius 2 is 2.06 bits per heavy atom. The van der Waals surface area contributed by atoms with Crippen molar-refractivity contribution >= 4 is 23.8 Å². The zero-order valence-electron chi connectivity index (χ0n) is 10.9. The topological polar surface area (TPSA) is 78.4 Å². The van der Waals surface area contributed by atoms with E-state index in [2.05, 4.69) is 10.6 Å². The van der Waals surface area contributed by atoms with Crippen molar-refractivity contribution in [2.75, 3.05) is 12.0 Å². The molecule has 0 aromatic heterocycles.